The molecule has 464 valence electrons. The zero-order chi connectivity index (χ0) is 60.7. The van der Waals surface area contributed by atoms with Crippen LogP contribution >= 0.6 is 34.5 Å². The Morgan fingerprint density at radius 1 is 0.570 bits per heavy atom. The van der Waals surface area contributed by atoms with Crippen LogP contribution in [-0.2, 0) is 38.1 Å². The van der Waals surface area contributed by atoms with Crippen LogP contribution in [0.15, 0.2) is 96.1 Å². The molecule has 0 bridgehead atoms. The van der Waals surface area contributed by atoms with E-state index in [4.69, 9.17) is 71.2 Å². The number of nitrogens with zero attached hydrogens (tertiary/aromatic N) is 3. The van der Waals surface area contributed by atoms with Crippen molar-refractivity contribution in [2.75, 3.05) is 49.7 Å². The number of fused-ring (bicyclic) bond motifs is 1. The minimum atomic E-state index is -0.564. The van der Waals surface area contributed by atoms with Crippen molar-refractivity contribution in [2.24, 2.45) is 16.9 Å². The number of hydrazone groups is 1. The lowest BCUT2D eigenvalue weighted by atomic mass is 9.87. The number of hydrogen-bond donors (Lipinski definition) is 0. The van der Waals surface area contributed by atoms with Crippen LogP contribution in [0.3, 0.4) is 0 Å². The molecule has 0 saturated heterocycles. The molecule has 2 aliphatic carbocycles. The summed E-state index contributed by atoms with van der Waals surface area (Å²) in [6.45, 7) is 4.59. The molecule has 0 aliphatic heterocycles. The predicted octanol–water partition coefficient (Wildman–Crippen LogP) is 14.6. The van der Waals surface area contributed by atoms with Crippen molar-refractivity contribution in [1.82, 2.24) is 4.98 Å². The highest BCUT2D eigenvalue weighted by Gasteiger charge is 2.32. The molecule has 5 aromatic rings. The zero-order valence-electron chi connectivity index (χ0n) is 49.3. The van der Waals surface area contributed by atoms with Crippen LogP contribution in [0.5, 0.6) is 23.0 Å². The molecule has 4 aromatic carbocycles. The van der Waals surface area contributed by atoms with E-state index < -0.39 is 29.9 Å². The molecular formula is C66H81Cl2N3O14S. The highest BCUT2D eigenvalue weighted by molar-refractivity contribution is 7.22. The van der Waals surface area contributed by atoms with Crippen molar-refractivity contribution in [3.63, 3.8) is 0 Å². The summed E-state index contributed by atoms with van der Waals surface area (Å²) in [4.78, 5) is 82.2. The third-order valence-electron chi connectivity index (χ3n) is 15.0. The maximum absolute atomic E-state index is 14.2. The summed E-state index contributed by atoms with van der Waals surface area (Å²) in [6, 6.07) is 26.5. The van der Waals surface area contributed by atoms with Gasteiger partial charge in [-0.2, -0.15) is 5.10 Å². The Morgan fingerprint density at radius 3 is 1.63 bits per heavy atom. The zero-order valence-corrected chi connectivity index (χ0v) is 51.6. The Hall–Kier alpha value is -6.76. The standard InChI is InChI=1S/C66H81Cl2N3O14S/c1-2-3-4-11-40-71(66-70-58-16-9-10-17-59(58)86-66)69-46-50-45-56(85-64(76)49-20-26-53(27-21-49)82-62(74)47-18-24-51(25-19-47)78-41-12-5-7-14-43-80-60(72)36-38-67)34-35-57(50)65(77)84-54-28-22-48(23-29-54)63(75)83-55-32-30-52(31-33-55)79-42-13-6-8-15-44-81-61(73)37-39-68/h9-10,16-19,24-25,30-35,45-46,48-49,53-54H,2-8,11-15,20-23,26-29,36-44H2,1H3/b69-46+. The SMILES string of the molecule is CCCCCCN(/N=C/c1cc(OC(=O)C2CCC(OC(=O)c3ccc(OCCCCCCOC(=O)CCCl)cc3)CC2)ccc1C(=O)OC1CCC(C(=O)Oc2ccc(OCCCCCCOC(=O)CCCl)cc2)CC1)c1nc2ccccc2s1. The number of aromatic nitrogens is 1. The fourth-order valence-electron chi connectivity index (χ4n) is 10.0. The first-order valence-corrected chi connectivity index (χ1v) is 32.4. The molecule has 2 aliphatic rings. The lowest BCUT2D eigenvalue weighted by Gasteiger charge is -2.27. The van der Waals surface area contributed by atoms with Gasteiger partial charge in [-0.15, -0.1) is 23.2 Å². The van der Waals surface area contributed by atoms with Gasteiger partial charge in [0.15, 0.2) is 0 Å². The first-order chi connectivity index (χ1) is 42.0. The number of carbonyl (C=O) groups excluding carboxylic acids is 6. The second-order valence-electron chi connectivity index (χ2n) is 21.6. The number of carbonyl (C=O) groups is 6. The number of esters is 6. The molecule has 0 spiro atoms. The topological polar surface area (TPSA) is 205 Å². The highest BCUT2D eigenvalue weighted by atomic mass is 35.5. The normalized spacial score (nSPS) is 16.7. The van der Waals surface area contributed by atoms with Gasteiger partial charge >= 0.3 is 35.8 Å². The molecule has 0 radical (unpaired) electrons. The third kappa shape index (κ3) is 22.8. The van der Waals surface area contributed by atoms with Crippen LogP contribution in [0, 0.1) is 11.8 Å². The van der Waals surface area contributed by atoms with Gasteiger partial charge < -0.3 is 37.9 Å². The molecule has 0 unspecified atom stereocenters. The number of alkyl halides is 2. The molecule has 0 amide bonds. The van der Waals surface area contributed by atoms with Crippen molar-refractivity contribution in [1.29, 1.82) is 0 Å². The number of hydrogen-bond acceptors (Lipinski definition) is 18. The number of thiazole rings is 1. The molecule has 2 saturated carbocycles. The minimum Gasteiger partial charge on any atom is -0.494 e. The molecule has 7 rings (SSSR count). The summed E-state index contributed by atoms with van der Waals surface area (Å²) >= 11 is 12.7. The second-order valence-corrected chi connectivity index (χ2v) is 23.3. The molecular weight excluding hydrogens is 1160 g/mol. The van der Waals surface area contributed by atoms with Crippen LogP contribution in [0.25, 0.3) is 10.2 Å². The van der Waals surface area contributed by atoms with Gasteiger partial charge in [0.2, 0.25) is 5.13 Å². The fourth-order valence-corrected chi connectivity index (χ4v) is 11.3. The molecule has 1 heterocycles. The van der Waals surface area contributed by atoms with Crippen LogP contribution in [0.2, 0.25) is 0 Å². The number of rotatable bonds is 36. The van der Waals surface area contributed by atoms with Crippen LogP contribution in [0.4, 0.5) is 5.13 Å². The molecule has 1 aromatic heterocycles. The number of ether oxygens (including phenoxy) is 8. The first-order valence-electron chi connectivity index (χ1n) is 30.5. The second kappa shape index (κ2) is 37.1. The predicted molar refractivity (Wildman–Crippen MR) is 332 cm³/mol. The average Bonchev–Trinajstić information content (AvgIpc) is 2.91. The van der Waals surface area contributed by atoms with Crippen molar-refractivity contribution in [2.45, 2.75) is 160 Å². The van der Waals surface area contributed by atoms with Crippen LogP contribution in [0.1, 0.15) is 174 Å². The summed E-state index contributed by atoms with van der Waals surface area (Å²) in [5.41, 5.74) is 1.90. The Morgan fingerprint density at radius 2 is 1.07 bits per heavy atom. The van der Waals surface area contributed by atoms with Gasteiger partial charge in [-0.1, -0.05) is 49.7 Å². The number of para-hydroxylation sites is 1. The van der Waals surface area contributed by atoms with Gasteiger partial charge in [0.1, 0.15) is 35.2 Å². The largest absolute Gasteiger partial charge is 0.494 e. The summed E-state index contributed by atoms with van der Waals surface area (Å²) in [7, 11) is 0. The van der Waals surface area contributed by atoms with E-state index in [2.05, 4.69) is 6.92 Å². The lowest BCUT2D eigenvalue weighted by molar-refractivity contribution is -0.144. The maximum atomic E-state index is 14.2. The Kier molecular flexibility index (Phi) is 28.8. The molecule has 86 heavy (non-hydrogen) atoms. The monoisotopic (exact) mass is 1240 g/mol. The Bertz CT molecular complexity index is 2910. The van der Waals surface area contributed by atoms with E-state index in [1.807, 2.05) is 29.3 Å². The van der Waals surface area contributed by atoms with Gasteiger partial charge in [-0.3, -0.25) is 19.2 Å². The summed E-state index contributed by atoms with van der Waals surface area (Å²) in [5, 5.41) is 7.49. The lowest BCUT2D eigenvalue weighted by Crippen LogP contribution is -2.30. The van der Waals surface area contributed by atoms with Crippen LogP contribution < -0.4 is 24.0 Å². The number of benzene rings is 4. The summed E-state index contributed by atoms with van der Waals surface area (Å²) < 4.78 is 46.8. The first kappa shape index (κ1) is 66.8. The minimum absolute atomic E-state index is 0.220. The van der Waals surface area contributed by atoms with Crippen molar-refractivity contribution in [3.8, 4) is 23.0 Å². The van der Waals surface area contributed by atoms with Gasteiger partial charge in [0.05, 0.1) is 78.7 Å². The highest BCUT2D eigenvalue weighted by Crippen LogP contribution is 2.33. The van der Waals surface area contributed by atoms with E-state index in [0.29, 0.717) is 118 Å². The Balaban J connectivity index is 0.899. The molecule has 0 atom stereocenters. The van der Waals surface area contributed by atoms with E-state index in [9.17, 15) is 28.8 Å². The number of anilines is 1. The third-order valence-corrected chi connectivity index (χ3v) is 16.4. The molecule has 0 N–H and O–H groups in total. The maximum Gasteiger partial charge on any atom is 0.339 e. The molecule has 17 nitrogen and oxygen atoms in total. The quantitative estimate of drug-likeness (QED) is 0.00695. The van der Waals surface area contributed by atoms with Gasteiger partial charge in [-0.25, -0.2) is 19.6 Å². The molecule has 2 fully saturated rings. The average molecular weight is 1240 g/mol. The molecule has 20 heteroatoms. The van der Waals surface area contributed by atoms with Gasteiger partial charge in [0, 0.05) is 23.9 Å². The summed E-state index contributed by atoms with van der Waals surface area (Å²) in [5.74, 6) is -0.625. The van der Waals surface area contributed by atoms with Crippen molar-refractivity contribution >= 4 is 91.9 Å². The van der Waals surface area contributed by atoms with E-state index >= 15 is 0 Å². The van der Waals surface area contributed by atoms with E-state index in [-0.39, 0.29) is 65.8 Å². The number of unbranched alkanes of at least 4 members (excludes halogenated alkanes) is 9. The van der Waals surface area contributed by atoms with Crippen LogP contribution in [-0.4, -0.2) is 104 Å². The van der Waals surface area contributed by atoms with Gasteiger partial charge in [-0.05, 0) is 188 Å². The van der Waals surface area contributed by atoms with E-state index in [0.717, 1.165) is 87.3 Å². The van der Waals surface area contributed by atoms with Crippen molar-refractivity contribution < 1.29 is 66.7 Å². The van der Waals surface area contributed by atoms with E-state index in [1.165, 1.54) is 11.3 Å². The number of halogens is 2. The van der Waals surface area contributed by atoms with Crippen molar-refractivity contribution in [3.05, 3.63) is 108 Å². The summed E-state index contributed by atoms with van der Waals surface area (Å²) in [6.07, 6.45) is 16.0. The smallest absolute Gasteiger partial charge is 0.339 e. The van der Waals surface area contributed by atoms with E-state index in [1.54, 1.807) is 72.9 Å². The fraction of sp³-hybridized carbons (Fsp3) is 0.515. The Labute approximate surface area is 518 Å². The van der Waals surface area contributed by atoms with Gasteiger partial charge in [0.25, 0.3) is 0 Å².